The predicted octanol–water partition coefficient (Wildman–Crippen LogP) is 4.10. The van der Waals surface area contributed by atoms with E-state index in [4.69, 9.17) is 17.3 Å². The molecule has 20 heavy (non-hydrogen) atoms. The summed E-state index contributed by atoms with van der Waals surface area (Å²) in [6.07, 6.45) is 0. The van der Waals surface area contributed by atoms with Gasteiger partial charge in [0, 0.05) is 22.8 Å². The zero-order chi connectivity index (χ0) is 14.3. The average Bonchev–Trinajstić information content (AvgIpc) is 2.75. The van der Waals surface area contributed by atoms with Crippen molar-refractivity contribution in [2.75, 3.05) is 5.73 Å². The zero-order valence-electron chi connectivity index (χ0n) is 10.9. The van der Waals surface area contributed by atoms with Gasteiger partial charge in [0.1, 0.15) is 11.6 Å². The smallest absolute Gasteiger partial charge is 0.141 e. The molecule has 0 saturated heterocycles. The Morgan fingerprint density at radius 2 is 2.05 bits per heavy atom. The summed E-state index contributed by atoms with van der Waals surface area (Å²) >= 11 is 6.04. The average molecular weight is 290 g/mol. The van der Waals surface area contributed by atoms with Gasteiger partial charge >= 0.3 is 0 Å². The van der Waals surface area contributed by atoms with E-state index in [0.29, 0.717) is 17.3 Å². The number of nitrogens with zero attached hydrogens (tertiary/aromatic N) is 2. The van der Waals surface area contributed by atoms with Crippen molar-refractivity contribution < 1.29 is 4.39 Å². The lowest BCUT2D eigenvalue weighted by molar-refractivity contribution is 0.628. The molecular formula is C15H13ClFN3. The molecule has 3 rings (SSSR count). The van der Waals surface area contributed by atoms with Gasteiger partial charge in [-0.15, -0.1) is 0 Å². The minimum atomic E-state index is -0.274. The molecular weight excluding hydrogens is 277 g/mol. The van der Waals surface area contributed by atoms with Crippen LogP contribution < -0.4 is 5.73 Å². The van der Waals surface area contributed by atoms with Gasteiger partial charge in [-0.1, -0.05) is 11.6 Å². The normalized spacial score (nSPS) is 11.2. The summed E-state index contributed by atoms with van der Waals surface area (Å²) in [5.74, 6) is 0.464. The SMILES string of the molecule is CCn1c(-c2cc(N)cc(Cl)c2)nc2ccc(F)cc21. The van der Waals surface area contributed by atoms with Crippen LogP contribution in [0, 0.1) is 5.82 Å². The number of rotatable bonds is 2. The Morgan fingerprint density at radius 1 is 1.25 bits per heavy atom. The molecule has 2 aromatic carbocycles. The summed E-state index contributed by atoms with van der Waals surface area (Å²) in [6.45, 7) is 2.67. The number of benzene rings is 2. The molecule has 0 aliphatic rings. The van der Waals surface area contributed by atoms with E-state index in [1.54, 1.807) is 12.1 Å². The lowest BCUT2D eigenvalue weighted by Gasteiger charge is -2.07. The monoisotopic (exact) mass is 289 g/mol. The lowest BCUT2D eigenvalue weighted by Crippen LogP contribution is -1.98. The molecule has 0 amide bonds. The van der Waals surface area contributed by atoms with Gasteiger partial charge in [-0.3, -0.25) is 0 Å². The summed E-state index contributed by atoms with van der Waals surface area (Å²) in [4.78, 5) is 4.56. The molecule has 5 heteroatoms. The third-order valence-electron chi connectivity index (χ3n) is 3.20. The van der Waals surface area contributed by atoms with Crippen molar-refractivity contribution in [3.05, 3.63) is 47.2 Å². The van der Waals surface area contributed by atoms with Crippen LogP contribution in [-0.4, -0.2) is 9.55 Å². The molecule has 0 radical (unpaired) electrons. The first kappa shape index (κ1) is 12.9. The number of hydrogen-bond acceptors (Lipinski definition) is 2. The maximum Gasteiger partial charge on any atom is 0.141 e. The number of imidazole rings is 1. The van der Waals surface area contributed by atoms with Crippen LogP contribution in [0.15, 0.2) is 36.4 Å². The third kappa shape index (κ3) is 2.12. The molecule has 0 spiro atoms. The molecule has 102 valence electrons. The number of aromatic nitrogens is 2. The van der Waals surface area contributed by atoms with E-state index in [2.05, 4.69) is 4.98 Å². The number of fused-ring (bicyclic) bond motifs is 1. The molecule has 3 nitrogen and oxygen atoms in total. The minimum absolute atomic E-state index is 0.274. The van der Waals surface area contributed by atoms with Crippen molar-refractivity contribution in [3.8, 4) is 11.4 Å². The summed E-state index contributed by atoms with van der Waals surface area (Å²) in [6, 6.07) is 9.88. The molecule has 1 aromatic heterocycles. The zero-order valence-corrected chi connectivity index (χ0v) is 11.7. The second-order valence-corrected chi connectivity index (χ2v) is 5.02. The predicted molar refractivity (Wildman–Crippen MR) is 80.2 cm³/mol. The Labute approximate surface area is 120 Å². The molecule has 0 fully saturated rings. The maximum atomic E-state index is 13.4. The van der Waals surface area contributed by atoms with Gasteiger partial charge in [-0.25, -0.2) is 9.37 Å². The van der Waals surface area contributed by atoms with Crippen LogP contribution in [0.3, 0.4) is 0 Å². The molecule has 2 N–H and O–H groups in total. The van der Waals surface area contributed by atoms with Gasteiger partial charge < -0.3 is 10.3 Å². The first-order valence-electron chi connectivity index (χ1n) is 6.30. The second-order valence-electron chi connectivity index (χ2n) is 4.59. The van der Waals surface area contributed by atoms with Crippen molar-refractivity contribution in [1.29, 1.82) is 0 Å². The fourth-order valence-electron chi connectivity index (χ4n) is 2.38. The Kier molecular flexibility index (Phi) is 3.10. The second kappa shape index (κ2) is 4.80. The number of anilines is 1. The van der Waals surface area contributed by atoms with Crippen LogP contribution >= 0.6 is 11.6 Å². The summed E-state index contributed by atoms with van der Waals surface area (Å²) in [5, 5.41) is 0.556. The van der Waals surface area contributed by atoms with Gasteiger partial charge in [0.25, 0.3) is 0 Å². The highest BCUT2D eigenvalue weighted by atomic mass is 35.5. The standard InChI is InChI=1S/C15H13ClFN3/c1-2-20-14-8-11(17)3-4-13(14)19-15(20)9-5-10(16)7-12(18)6-9/h3-8H,2,18H2,1H3. The summed E-state index contributed by atoms with van der Waals surface area (Å²) in [5.41, 5.74) is 8.75. The van der Waals surface area contributed by atoms with Crippen LogP contribution in [-0.2, 0) is 6.54 Å². The first-order chi connectivity index (χ1) is 9.58. The Morgan fingerprint density at radius 3 is 2.75 bits per heavy atom. The van der Waals surface area contributed by atoms with Crippen molar-refractivity contribution >= 4 is 28.3 Å². The highest BCUT2D eigenvalue weighted by Crippen LogP contribution is 2.29. The number of hydrogen-bond donors (Lipinski definition) is 1. The Balaban J connectivity index is 2.30. The van der Waals surface area contributed by atoms with Crippen molar-refractivity contribution in [3.63, 3.8) is 0 Å². The summed E-state index contributed by atoms with van der Waals surface area (Å²) in [7, 11) is 0. The van der Waals surface area contributed by atoms with Crippen LogP contribution in [0.4, 0.5) is 10.1 Å². The molecule has 0 aliphatic carbocycles. The van der Waals surface area contributed by atoms with Crippen LogP contribution in [0.25, 0.3) is 22.4 Å². The minimum Gasteiger partial charge on any atom is -0.399 e. The number of aryl methyl sites for hydroxylation is 1. The van der Waals surface area contributed by atoms with E-state index in [1.165, 1.54) is 12.1 Å². The molecule has 0 aliphatic heterocycles. The van der Waals surface area contributed by atoms with Crippen molar-refractivity contribution in [2.24, 2.45) is 0 Å². The maximum absolute atomic E-state index is 13.4. The van der Waals surface area contributed by atoms with E-state index in [-0.39, 0.29) is 5.82 Å². The number of nitrogens with two attached hydrogens (primary N) is 1. The van der Waals surface area contributed by atoms with Gasteiger partial charge in [-0.2, -0.15) is 0 Å². The molecule has 1 heterocycles. The quantitative estimate of drug-likeness (QED) is 0.722. The molecule has 0 bridgehead atoms. The molecule has 0 atom stereocenters. The van der Waals surface area contributed by atoms with Gasteiger partial charge in [-0.05, 0) is 43.3 Å². The van der Waals surface area contributed by atoms with Gasteiger partial charge in [0.15, 0.2) is 0 Å². The third-order valence-corrected chi connectivity index (χ3v) is 3.42. The van der Waals surface area contributed by atoms with Gasteiger partial charge in [0.2, 0.25) is 0 Å². The van der Waals surface area contributed by atoms with E-state index in [9.17, 15) is 4.39 Å². The van der Waals surface area contributed by atoms with E-state index >= 15 is 0 Å². The largest absolute Gasteiger partial charge is 0.399 e. The van der Waals surface area contributed by atoms with Crippen LogP contribution in [0.1, 0.15) is 6.92 Å². The molecule has 0 saturated carbocycles. The topological polar surface area (TPSA) is 43.8 Å². The van der Waals surface area contributed by atoms with Crippen molar-refractivity contribution in [2.45, 2.75) is 13.5 Å². The van der Waals surface area contributed by atoms with Crippen LogP contribution in [0.2, 0.25) is 5.02 Å². The fraction of sp³-hybridized carbons (Fsp3) is 0.133. The van der Waals surface area contributed by atoms with Crippen molar-refractivity contribution in [1.82, 2.24) is 9.55 Å². The highest BCUT2D eigenvalue weighted by Gasteiger charge is 2.13. The first-order valence-corrected chi connectivity index (χ1v) is 6.68. The van der Waals surface area contributed by atoms with Gasteiger partial charge in [0.05, 0.1) is 11.0 Å². The number of nitrogen functional groups attached to an aromatic ring is 1. The van der Waals surface area contributed by atoms with Crippen LogP contribution in [0.5, 0.6) is 0 Å². The van der Waals surface area contributed by atoms with E-state index in [0.717, 1.165) is 22.4 Å². The molecule has 3 aromatic rings. The number of halogens is 2. The summed E-state index contributed by atoms with van der Waals surface area (Å²) < 4.78 is 15.4. The van der Waals surface area contributed by atoms with E-state index in [1.807, 2.05) is 23.6 Å². The Hall–Kier alpha value is -2.07. The lowest BCUT2D eigenvalue weighted by atomic mass is 10.2. The Bertz CT molecular complexity index is 775. The van der Waals surface area contributed by atoms with E-state index < -0.39 is 0 Å². The molecule has 0 unspecified atom stereocenters. The fourth-order valence-corrected chi connectivity index (χ4v) is 2.62. The highest BCUT2D eigenvalue weighted by molar-refractivity contribution is 6.31.